The summed E-state index contributed by atoms with van der Waals surface area (Å²) in [5.41, 5.74) is 1.26. The monoisotopic (exact) mass is 566 g/mol. The number of ether oxygens (including phenoxy) is 3. The molecule has 226 valence electrons. The van der Waals surface area contributed by atoms with Gasteiger partial charge < -0.3 is 0 Å². The molecule has 0 saturated heterocycles. The van der Waals surface area contributed by atoms with Gasteiger partial charge in [0.25, 0.3) is 0 Å². The SMILES string of the molecule is CCC(C)CC(CC)C[PH](C)(C)Cc1ccc(COC(=O)C(C)(COC(=O)C(C)CC)COC(C)CC)cc1. The van der Waals surface area contributed by atoms with Crippen LogP contribution in [-0.4, -0.2) is 50.7 Å². The second-order valence-electron chi connectivity index (χ2n) is 13.0. The normalized spacial score (nSPS) is 17.0. The van der Waals surface area contributed by atoms with Crippen molar-refractivity contribution in [1.29, 1.82) is 0 Å². The number of hydrogen-bond donors (Lipinski definition) is 0. The van der Waals surface area contributed by atoms with Crippen molar-refractivity contribution in [2.45, 2.75) is 106 Å². The average molecular weight is 567 g/mol. The third-order valence-corrected chi connectivity index (χ3v) is 11.3. The second kappa shape index (κ2) is 17.4. The summed E-state index contributed by atoms with van der Waals surface area (Å²) < 4.78 is 17.1. The molecule has 0 N–H and O–H groups in total. The van der Waals surface area contributed by atoms with Crippen molar-refractivity contribution in [2.75, 3.05) is 32.7 Å². The molecule has 39 heavy (non-hydrogen) atoms. The molecule has 0 heterocycles. The van der Waals surface area contributed by atoms with E-state index in [1.165, 1.54) is 31.0 Å². The fourth-order valence-electron chi connectivity index (χ4n) is 4.76. The van der Waals surface area contributed by atoms with Crippen molar-refractivity contribution >= 4 is 19.2 Å². The molecular formula is C33H59O5P. The Labute approximate surface area is 240 Å². The Hall–Kier alpha value is -1.45. The molecule has 0 saturated carbocycles. The summed E-state index contributed by atoms with van der Waals surface area (Å²) in [7, 11) is -1.38. The first-order valence-electron chi connectivity index (χ1n) is 15.3. The van der Waals surface area contributed by atoms with Crippen molar-refractivity contribution in [2.24, 2.45) is 23.2 Å². The molecule has 0 fully saturated rings. The van der Waals surface area contributed by atoms with Crippen molar-refractivity contribution in [3.63, 3.8) is 0 Å². The second-order valence-corrected chi connectivity index (χ2v) is 18.1. The Morgan fingerprint density at radius 2 is 1.46 bits per heavy atom. The van der Waals surface area contributed by atoms with Gasteiger partial charge in [-0.1, -0.05) is 20.8 Å². The number of benzene rings is 1. The van der Waals surface area contributed by atoms with Gasteiger partial charge in [-0.2, -0.15) is 0 Å². The van der Waals surface area contributed by atoms with Gasteiger partial charge in [0.05, 0.1) is 5.92 Å². The van der Waals surface area contributed by atoms with Crippen LogP contribution >= 0.6 is 7.26 Å². The molecule has 0 amide bonds. The van der Waals surface area contributed by atoms with E-state index in [9.17, 15) is 9.59 Å². The standard InChI is InChI=1S/C33H59O5P/c1-11-25(5)19-28(14-4)21-39(9,10)22-30-17-15-29(16-18-30)20-36-32(35)33(8,23-37-27(7)13-3)24-38-31(34)26(6)12-2/h15-18,25-28,39H,11-14,19-24H2,1-10H3. The van der Waals surface area contributed by atoms with Crippen molar-refractivity contribution < 1.29 is 23.8 Å². The predicted octanol–water partition coefficient (Wildman–Crippen LogP) is 8.11. The molecule has 0 aliphatic rings. The number of carbonyl (C=O) groups excluding carboxylic acids is 2. The number of rotatable bonds is 19. The van der Waals surface area contributed by atoms with Crippen LogP contribution < -0.4 is 0 Å². The third-order valence-electron chi connectivity index (χ3n) is 8.23. The zero-order valence-corrected chi connectivity index (χ0v) is 27.7. The van der Waals surface area contributed by atoms with E-state index in [2.05, 4.69) is 58.4 Å². The van der Waals surface area contributed by atoms with Crippen molar-refractivity contribution in [3.05, 3.63) is 35.4 Å². The van der Waals surface area contributed by atoms with E-state index in [1.807, 2.05) is 27.7 Å². The fraction of sp³-hybridized carbons (Fsp3) is 0.758. The van der Waals surface area contributed by atoms with E-state index in [-0.39, 0.29) is 37.8 Å². The Balaban J connectivity index is 2.79. The first kappa shape index (κ1) is 35.6. The summed E-state index contributed by atoms with van der Waals surface area (Å²) in [6.07, 6.45) is 7.93. The minimum atomic E-state index is -1.38. The van der Waals surface area contributed by atoms with Crippen LogP contribution in [0.15, 0.2) is 24.3 Å². The van der Waals surface area contributed by atoms with Crippen LogP contribution in [0.5, 0.6) is 0 Å². The van der Waals surface area contributed by atoms with Crippen LogP contribution in [-0.2, 0) is 36.6 Å². The zero-order valence-electron chi connectivity index (χ0n) is 26.7. The summed E-state index contributed by atoms with van der Waals surface area (Å²) in [6.45, 7) is 21.8. The maximum atomic E-state index is 13.2. The summed E-state index contributed by atoms with van der Waals surface area (Å²) in [4.78, 5) is 25.5. The van der Waals surface area contributed by atoms with Gasteiger partial charge in [-0.3, -0.25) is 4.79 Å². The Kier molecular flexibility index (Phi) is 15.9. The van der Waals surface area contributed by atoms with Crippen LogP contribution in [0.2, 0.25) is 0 Å². The van der Waals surface area contributed by atoms with Gasteiger partial charge in [0, 0.05) is 0 Å². The van der Waals surface area contributed by atoms with Gasteiger partial charge in [-0.05, 0) is 19.8 Å². The molecule has 1 aromatic carbocycles. The van der Waals surface area contributed by atoms with Gasteiger partial charge in [0.1, 0.15) is 0 Å². The number of carbonyl (C=O) groups is 2. The quantitative estimate of drug-likeness (QED) is 0.125. The van der Waals surface area contributed by atoms with Crippen LogP contribution in [0, 0.1) is 23.2 Å². The van der Waals surface area contributed by atoms with Gasteiger partial charge in [-0.15, -0.1) is 0 Å². The van der Waals surface area contributed by atoms with Crippen molar-refractivity contribution in [1.82, 2.24) is 0 Å². The predicted molar refractivity (Wildman–Crippen MR) is 167 cm³/mol. The summed E-state index contributed by atoms with van der Waals surface area (Å²) in [6, 6.07) is 8.51. The topological polar surface area (TPSA) is 61.8 Å². The van der Waals surface area contributed by atoms with Crippen LogP contribution in [0.25, 0.3) is 0 Å². The first-order chi connectivity index (χ1) is 18.3. The summed E-state index contributed by atoms with van der Waals surface area (Å²) in [5.74, 6) is 0.708. The van der Waals surface area contributed by atoms with Crippen LogP contribution in [0.4, 0.5) is 0 Å². The number of esters is 2. The molecule has 0 aliphatic heterocycles. The fourth-order valence-corrected chi connectivity index (χ4v) is 8.26. The van der Waals surface area contributed by atoms with Crippen LogP contribution in [0.1, 0.15) is 98.6 Å². The molecule has 1 rings (SSSR count). The molecule has 0 radical (unpaired) electrons. The molecule has 5 unspecified atom stereocenters. The first-order valence-corrected chi connectivity index (χ1v) is 18.7. The van der Waals surface area contributed by atoms with Gasteiger partial charge in [0.2, 0.25) is 0 Å². The molecule has 5 nitrogen and oxygen atoms in total. The molecule has 5 atom stereocenters. The van der Waals surface area contributed by atoms with E-state index < -0.39 is 18.6 Å². The molecule has 0 aliphatic carbocycles. The van der Waals surface area contributed by atoms with Gasteiger partial charge in [-0.25, -0.2) is 0 Å². The molecule has 6 heteroatoms. The van der Waals surface area contributed by atoms with E-state index in [1.54, 1.807) is 6.92 Å². The molecule has 0 spiro atoms. The van der Waals surface area contributed by atoms with Gasteiger partial charge >= 0.3 is 189 Å². The van der Waals surface area contributed by atoms with E-state index in [0.717, 1.165) is 30.0 Å². The Morgan fingerprint density at radius 1 is 0.846 bits per heavy atom. The molecule has 0 aromatic heterocycles. The Bertz CT molecular complexity index is 852. The van der Waals surface area contributed by atoms with Crippen LogP contribution in [0.3, 0.4) is 0 Å². The van der Waals surface area contributed by atoms with Gasteiger partial charge in [0.15, 0.2) is 0 Å². The van der Waals surface area contributed by atoms with E-state index in [4.69, 9.17) is 14.2 Å². The van der Waals surface area contributed by atoms with Crippen molar-refractivity contribution in [3.8, 4) is 0 Å². The van der Waals surface area contributed by atoms with E-state index >= 15 is 0 Å². The Morgan fingerprint density at radius 3 is 2.00 bits per heavy atom. The summed E-state index contributed by atoms with van der Waals surface area (Å²) >= 11 is 0. The summed E-state index contributed by atoms with van der Waals surface area (Å²) in [5, 5.41) is 0. The average Bonchev–Trinajstić information content (AvgIpc) is 2.92. The third kappa shape index (κ3) is 13.2. The minimum absolute atomic E-state index is 0.00499. The molecule has 1 aromatic rings. The zero-order chi connectivity index (χ0) is 29.6. The molecule has 0 bridgehead atoms. The number of hydrogen-bond acceptors (Lipinski definition) is 5. The van der Waals surface area contributed by atoms with E-state index in [0.29, 0.717) is 6.42 Å². The maximum absolute atomic E-state index is 13.2. The molecular weight excluding hydrogens is 507 g/mol.